The standard InChI is InChI=1S/C13H20N2O2S2/c14-12-4-6-13(7-5-12)18-8-9-19(16,17)15-10-11-2-1-3-11/h4-7,11,15H,1-3,8-10,14H2. The number of nitrogen functional groups attached to an aromatic ring is 1. The first-order chi connectivity index (χ1) is 9.05. The Morgan fingerprint density at radius 2 is 1.95 bits per heavy atom. The highest BCUT2D eigenvalue weighted by molar-refractivity contribution is 8.00. The van der Waals surface area contributed by atoms with E-state index in [-0.39, 0.29) is 5.75 Å². The van der Waals surface area contributed by atoms with Crippen LogP contribution in [0.1, 0.15) is 19.3 Å². The van der Waals surface area contributed by atoms with E-state index in [4.69, 9.17) is 5.73 Å². The molecule has 6 heteroatoms. The summed E-state index contributed by atoms with van der Waals surface area (Å²) in [6, 6.07) is 7.47. The summed E-state index contributed by atoms with van der Waals surface area (Å²) in [5.41, 5.74) is 6.32. The Hall–Kier alpha value is -0.720. The minimum atomic E-state index is -3.13. The molecule has 3 N–H and O–H groups in total. The van der Waals surface area contributed by atoms with Gasteiger partial charge in [-0.15, -0.1) is 11.8 Å². The topological polar surface area (TPSA) is 72.2 Å². The average molecular weight is 300 g/mol. The van der Waals surface area contributed by atoms with Gasteiger partial charge in [0.15, 0.2) is 0 Å². The third kappa shape index (κ3) is 5.04. The van der Waals surface area contributed by atoms with Crippen LogP contribution in [0.25, 0.3) is 0 Å². The minimum Gasteiger partial charge on any atom is -0.399 e. The molecule has 0 spiro atoms. The van der Waals surface area contributed by atoms with Crippen molar-refractivity contribution in [3.63, 3.8) is 0 Å². The molecule has 1 fully saturated rings. The molecule has 4 nitrogen and oxygen atoms in total. The summed E-state index contributed by atoms with van der Waals surface area (Å²) in [6.45, 7) is 0.606. The molecule has 19 heavy (non-hydrogen) atoms. The highest BCUT2D eigenvalue weighted by Crippen LogP contribution is 2.25. The van der Waals surface area contributed by atoms with E-state index in [1.165, 1.54) is 18.2 Å². The summed E-state index contributed by atoms with van der Waals surface area (Å²) in [4.78, 5) is 1.04. The molecule has 2 rings (SSSR count). The van der Waals surface area contributed by atoms with Gasteiger partial charge in [-0.25, -0.2) is 13.1 Å². The van der Waals surface area contributed by atoms with Crippen LogP contribution in [0.3, 0.4) is 0 Å². The number of anilines is 1. The summed E-state index contributed by atoms with van der Waals surface area (Å²) in [5.74, 6) is 1.28. The molecular weight excluding hydrogens is 280 g/mol. The Labute approximate surface area is 119 Å². The van der Waals surface area contributed by atoms with Crippen LogP contribution in [0.4, 0.5) is 5.69 Å². The van der Waals surface area contributed by atoms with E-state index in [1.807, 2.05) is 24.3 Å². The predicted octanol–water partition coefficient (Wildman–Crippen LogP) is 2.08. The largest absolute Gasteiger partial charge is 0.399 e. The summed E-state index contributed by atoms with van der Waals surface area (Å²) in [7, 11) is -3.13. The quantitative estimate of drug-likeness (QED) is 0.597. The lowest BCUT2D eigenvalue weighted by Gasteiger charge is -2.25. The lowest BCUT2D eigenvalue weighted by atomic mass is 9.86. The van der Waals surface area contributed by atoms with E-state index >= 15 is 0 Å². The van der Waals surface area contributed by atoms with Crippen LogP contribution >= 0.6 is 11.8 Å². The first-order valence-electron chi connectivity index (χ1n) is 6.51. The first-order valence-corrected chi connectivity index (χ1v) is 9.15. The van der Waals surface area contributed by atoms with Crippen molar-refractivity contribution < 1.29 is 8.42 Å². The Kier molecular flexibility index (Phi) is 5.13. The van der Waals surface area contributed by atoms with Crippen molar-refractivity contribution in [3.8, 4) is 0 Å². The van der Waals surface area contributed by atoms with E-state index in [0.717, 1.165) is 23.4 Å². The molecule has 1 aliphatic carbocycles. The van der Waals surface area contributed by atoms with Crippen LogP contribution in [-0.2, 0) is 10.0 Å². The van der Waals surface area contributed by atoms with Crippen LogP contribution < -0.4 is 10.5 Å². The van der Waals surface area contributed by atoms with E-state index in [2.05, 4.69) is 4.72 Å². The first kappa shape index (κ1) is 14.7. The molecule has 0 radical (unpaired) electrons. The summed E-state index contributed by atoms with van der Waals surface area (Å²) in [5, 5.41) is 0. The van der Waals surface area contributed by atoms with Gasteiger partial charge in [0, 0.05) is 22.9 Å². The van der Waals surface area contributed by atoms with Crippen molar-refractivity contribution in [1.82, 2.24) is 4.72 Å². The fourth-order valence-corrected chi connectivity index (χ4v) is 4.26. The van der Waals surface area contributed by atoms with E-state index in [9.17, 15) is 8.42 Å². The van der Waals surface area contributed by atoms with Crippen LogP contribution in [0.2, 0.25) is 0 Å². The number of rotatable bonds is 7. The Morgan fingerprint density at radius 1 is 1.26 bits per heavy atom. The number of hydrogen-bond donors (Lipinski definition) is 2. The van der Waals surface area contributed by atoms with Crippen molar-refractivity contribution in [3.05, 3.63) is 24.3 Å². The smallest absolute Gasteiger partial charge is 0.212 e. The van der Waals surface area contributed by atoms with Crippen LogP contribution in [0.5, 0.6) is 0 Å². The zero-order chi connectivity index (χ0) is 13.7. The van der Waals surface area contributed by atoms with E-state index in [0.29, 0.717) is 18.2 Å². The molecule has 1 saturated carbocycles. The van der Waals surface area contributed by atoms with Gasteiger partial charge in [0.1, 0.15) is 0 Å². The number of hydrogen-bond acceptors (Lipinski definition) is 4. The summed E-state index contributed by atoms with van der Waals surface area (Å²) < 4.78 is 26.2. The van der Waals surface area contributed by atoms with Crippen molar-refractivity contribution in [1.29, 1.82) is 0 Å². The Morgan fingerprint density at radius 3 is 2.53 bits per heavy atom. The second-order valence-electron chi connectivity index (χ2n) is 4.88. The molecule has 1 aromatic rings. The van der Waals surface area contributed by atoms with Crippen molar-refractivity contribution in [2.45, 2.75) is 24.2 Å². The van der Waals surface area contributed by atoms with Gasteiger partial charge in [-0.05, 0) is 43.0 Å². The molecule has 0 heterocycles. The van der Waals surface area contributed by atoms with Gasteiger partial charge in [0.2, 0.25) is 10.0 Å². The zero-order valence-corrected chi connectivity index (χ0v) is 12.5. The van der Waals surface area contributed by atoms with E-state index in [1.54, 1.807) is 0 Å². The molecule has 0 unspecified atom stereocenters. The molecule has 0 aliphatic heterocycles. The van der Waals surface area contributed by atoms with Gasteiger partial charge >= 0.3 is 0 Å². The maximum absolute atomic E-state index is 11.8. The van der Waals surface area contributed by atoms with Gasteiger partial charge in [-0.3, -0.25) is 0 Å². The maximum Gasteiger partial charge on any atom is 0.212 e. The molecular formula is C13H20N2O2S2. The predicted molar refractivity (Wildman–Crippen MR) is 80.7 cm³/mol. The molecule has 0 amide bonds. The van der Waals surface area contributed by atoms with Gasteiger partial charge in [-0.1, -0.05) is 6.42 Å². The third-order valence-electron chi connectivity index (χ3n) is 3.32. The normalized spacial score (nSPS) is 16.2. The lowest BCUT2D eigenvalue weighted by Crippen LogP contribution is -2.34. The van der Waals surface area contributed by atoms with Crippen LogP contribution in [-0.4, -0.2) is 26.5 Å². The van der Waals surface area contributed by atoms with Crippen molar-refractivity contribution in [2.75, 3.05) is 23.8 Å². The molecule has 106 valence electrons. The third-order valence-corrected chi connectivity index (χ3v) is 5.94. The maximum atomic E-state index is 11.8. The second-order valence-corrected chi connectivity index (χ2v) is 7.98. The number of sulfonamides is 1. The number of nitrogens with two attached hydrogens (primary N) is 1. The molecule has 0 saturated heterocycles. The van der Waals surface area contributed by atoms with Crippen molar-refractivity contribution in [2.24, 2.45) is 5.92 Å². The molecule has 0 aromatic heterocycles. The minimum absolute atomic E-state index is 0.161. The molecule has 1 aromatic carbocycles. The number of thioether (sulfide) groups is 1. The SMILES string of the molecule is Nc1ccc(SCCS(=O)(=O)NCC2CCC2)cc1. The monoisotopic (exact) mass is 300 g/mol. The fraction of sp³-hybridized carbons (Fsp3) is 0.538. The molecule has 0 bridgehead atoms. The highest BCUT2D eigenvalue weighted by Gasteiger charge is 2.19. The summed E-state index contributed by atoms with van der Waals surface area (Å²) in [6.07, 6.45) is 3.55. The van der Waals surface area contributed by atoms with Gasteiger partial charge in [0.25, 0.3) is 0 Å². The average Bonchev–Trinajstić information content (AvgIpc) is 2.29. The molecule has 0 atom stereocenters. The fourth-order valence-electron chi connectivity index (χ4n) is 1.85. The number of nitrogens with one attached hydrogen (secondary N) is 1. The zero-order valence-electron chi connectivity index (χ0n) is 10.8. The molecule has 1 aliphatic rings. The highest BCUT2D eigenvalue weighted by atomic mass is 32.2. The lowest BCUT2D eigenvalue weighted by molar-refractivity contribution is 0.316. The van der Waals surface area contributed by atoms with Gasteiger partial charge in [0.05, 0.1) is 5.75 Å². The van der Waals surface area contributed by atoms with Gasteiger partial charge < -0.3 is 5.73 Å². The van der Waals surface area contributed by atoms with Gasteiger partial charge in [-0.2, -0.15) is 0 Å². The Bertz CT molecular complexity index is 496. The van der Waals surface area contributed by atoms with Crippen LogP contribution in [0, 0.1) is 5.92 Å². The van der Waals surface area contributed by atoms with Crippen molar-refractivity contribution >= 4 is 27.5 Å². The Balaban J connectivity index is 1.69. The number of benzene rings is 1. The second kappa shape index (κ2) is 6.63. The van der Waals surface area contributed by atoms with E-state index < -0.39 is 10.0 Å². The van der Waals surface area contributed by atoms with Crippen LogP contribution in [0.15, 0.2) is 29.2 Å². The summed E-state index contributed by atoms with van der Waals surface area (Å²) >= 11 is 1.54.